The van der Waals surface area contributed by atoms with E-state index in [1.165, 1.54) is 22.5 Å². The second kappa shape index (κ2) is 6.00. The highest BCUT2D eigenvalue weighted by molar-refractivity contribution is 9.10. The van der Waals surface area contributed by atoms with E-state index in [0.29, 0.717) is 6.54 Å². The third kappa shape index (κ3) is 3.01. The van der Waals surface area contributed by atoms with E-state index in [4.69, 9.17) is 0 Å². The molecule has 0 aliphatic carbocycles. The van der Waals surface area contributed by atoms with Crippen LogP contribution in [0.1, 0.15) is 11.1 Å². The first kappa shape index (κ1) is 14.3. The summed E-state index contributed by atoms with van der Waals surface area (Å²) < 4.78 is 16.5. The van der Waals surface area contributed by atoms with Gasteiger partial charge in [0.25, 0.3) is 0 Å². The third-order valence-electron chi connectivity index (χ3n) is 3.51. The number of rotatable bonds is 4. The van der Waals surface area contributed by atoms with Crippen molar-refractivity contribution in [3.63, 3.8) is 0 Å². The maximum atomic E-state index is 13.5. The van der Waals surface area contributed by atoms with Gasteiger partial charge in [-0.05, 0) is 42.4 Å². The lowest BCUT2D eigenvalue weighted by molar-refractivity contribution is 0.623. The number of hydrogen-bond acceptors (Lipinski definition) is 1. The number of benzene rings is 2. The molecule has 2 aromatic carbocycles. The fraction of sp³-hybridized carbons (Fsp3) is 0.176. The van der Waals surface area contributed by atoms with Gasteiger partial charge in [0.05, 0.1) is 0 Å². The van der Waals surface area contributed by atoms with Crippen molar-refractivity contribution >= 4 is 26.8 Å². The summed E-state index contributed by atoms with van der Waals surface area (Å²) in [5.41, 5.74) is 3.37. The van der Waals surface area contributed by atoms with Crippen molar-refractivity contribution in [2.75, 3.05) is 7.05 Å². The molecule has 0 bridgehead atoms. The summed E-state index contributed by atoms with van der Waals surface area (Å²) in [7, 11) is 1.94. The number of nitrogens with one attached hydrogen (secondary N) is 1. The van der Waals surface area contributed by atoms with Gasteiger partial charge in [0, 0.05) is 34.7 Å². The van der Waals surface area contributed by atoms with E-state index in [1.54, 1.807) is 6.07 Å². The maximum Gasteiger partial charge on any atom is 0.124 e. The van der Waals surface area contributed by atoms with Crippen LogP contribution in [0.3, 0.4) is 0 Å². The highest BCUT2D eigenvalue weighted by atomic mass is 79.9. The number of halogens is 2. The summed E-state index contributed by atoms with van der Waals surface area (Å²) in [6.07, 6.45) is 2.14. The second-order valence-corrected chi connectivity index (χ2v) is 6.02. The van der Waals surface area contributed by atoms with Crippen LogP contribution in [0.4, 0.5) is 4.39 Å². The Morgan fingerprint density at radius 2 is 2.00 bits per heavy atom. The smallest absolute Gasteiger partial charge is 0.124 e. The van der Waals surface area contributed by atoms with Crippen LogP contribution in [0, 0.1) is 5.82 Å². The molecule has 21 heavy (non-hydrogen) atoms. The summed E-state index contributed by atoms with van der Waals surface area (Å²) in [5.74, 6) is -0.216. The molecule has 0 fully saturated rings. The third-order valence-corrected chi connectivity index (χ3v) is 3.97. The van der Waals surface area contributed by atoms with Gasteiger partial charge in [0.15, 0.2) is 0 Å². The SMILES string of the molecule is CNCc1cn(Cc2cc(F)cc(Br)c2)c2ccccc12. The molecule has 3 rings (SSSR count). The second-order valence-electron chi connectivity index (χ2n) is 5.11. The summed E-state index contributed by atoms with van der Waals surface area (Å²) in [5, 5.41) is 4.43. The Morgan fingerprint density at radius 3 is 2.76 bits per heavy atom. The first-order chi connectivity index (χ1) is 10.2. The van der Waals surface area contributed by atoms with Crippen LogP contribution < -0.4 is 5.32 Å². The van der Waals surface area contributed by atoms with Crippen molar-refractivity contribution in [2.24, 2.45) is 0 Å². The van der Waals surface area contributed by atoms with E-state index < -0.39 is 0 Å². The zero-order valence-electron chi connectivity index (χ0n) is 11.7. The average molecular weight is 347 g/mol. The molecule has 0 atom stereocenters. The van der Waals surface area contributed by atoms with Crippen LogP contribution >= 0.6 is 15.9 Å². The van der Waals surface area contributed by atoms with Gasteiger partial charge >= 0.3 is 0 Å². The molecule has 0 saturated carbocycles. The van der Waals surface area contributed by atoms with Crippen LogP contribution in [0.15, 0.2) is 53.1 Å². The molecule has 1 aromatic heterocycles. The molecule has 108 valence electrons. The van der Waals surface area contributed by atoms with Crippen LogP contribution in [-0.4, -0.2) is 11.6 Å². The number of nitrogens with zero attached hydrogens (tertiary/aromatic N) is 1. The largest absolute Gasteiger partial charge is 0.343 e. The van der Waals surface area contributed by atoms with Gasteiger partial charge in [-0.1, -0.05) is 34.1 Å². The Bertz CT molecular complexity index is 759. The number of aromatic nitrogens is 1. The Morgan fingerprint density at radius 1 is 1.19 bits per heavy atom. The Balaban J connectivity index is 2.04. The zero-order chi connectivity index (χ0) is 14.8. The van der Waals surface area contributed by atoms with Gasteiger partial charge in [0.2, 0.25) is 0 Å². The van der Waals surface area contributed by atoms with Crippen LogP contribution in [-0.2, 0) is 13.1 Å². The summed E-state index contributed by atoms with van der Waals surface area (Å²) >= 11 is 3.35. The lowest BCUT2D eigenvalue weighted by Crippen LogP contribution is -2.04. The van der Waals surface area contributed by atoms with E-state index >= 15 is 0 Å². The van der Waals surface area contributed by atoms with Crippen molar-refractivity contribution in [1.29, 1.82) is 0 Å². The van der Waals surface area contributed by atoms with Gasteiger partial charge in [-0.3, -0.25) is 0 Å². The van der Waals surface area contributed by atoms with E-state index in [1.807, 2.05) is 25.2 Å². The van der Waals surface area contributed by atoms with Gasteiger partial charge in [-0.15, -0.1) is 0 Å². The molecule has 0 saturated heterocycles. The molecule has 1 N–H and O–H groups in total. The van der Waals surface area contributed by atoms with Gasteiger partial charge in [-0.25, -0.2) is 4.39 Å². The topological polar surface area (TPSA) is 17.0 Å². The molecule has 4 heteroatoms. The monoisotopic (exact) mass is 346 g/mol. The summed E-state index contributed by atoms with van der Waals surface area (Å²) in [6, 6.07) is 13.3. The molecule has 1 heterocycles. The van der Waals surface area contributed by atoms with Gasteiger partial charge in [-0.2, -0.15) is 0 Å². The van der Waals surface area contributed by atoms with E-state index in [0.717, 1.165) is 16.6 Å². The lowest BCUT2D eigenvalue weighted by atomic mass is 10.2. The minimum atomic E-state index is -0.216. The minimum Gasteiger partial charge on any atom is -0.343 e. The Kier molecular flexibility index (Phi) is 4.08. The Labute approximate surface area is 131 Å². The fourth-order valence-electron chi connectivity index (χ4n) is 2.68. The molecule has 0 unspecified atom stereocenters. The lowest BCUT2D eigenvalue weighted by Gasteiger charge is -2.06. The van der Waals surface area contributed by atoms with Gasteiger partial charge < -0.3 is 9.88 Å². The normalized spacial score (nSPS) is 11.2. The quantitative estimate of drug-likeness (QED) is 0.744. The maximum absolute atomic E-state index is 13.5. The summed E-state index contributed by atoms with van der Waals surface area (Å²) in [6.45, 7) is 1.47. The number of hydrogen-bond donors (Lipinski definition) is 1. The molecule has 0 amide bonds. The molecule has 2 nitrogen and oxygen atoms in total. The van der Waals surface area contributed by atoms with Crippen molar-refractivity contribution in [2.45, 2.75) is 13.1 Å². The highest BCUT2D eigenvalue weighted by Gasteiger charge is 2.08. The first-order valence-corrected chi connectivity index (χ1v) is 7.63. The van der Waals surface area contributed by atoms with Crippen molar-refractivity contribution in [3.05, 3.63) is 70.1 Å². The van der Waals surface area contributed by atoms with Crippen molar-refractivity contribution in [3.8, 4) is 0 Å². The minimum absolute atomic E-state index is 0.216. The average Bonchev–Trinajstić information content (AvgIpc) is 2.77. The highest BCUT2D eigenvalue weighted by Crippen LogP contribution is 2.23. The van der Waals surface area contributed by atoms with Crippen molar-refractivity contribution < 1.29 is 4.39 Å². The predicted octanol–water partition coefficient (Wildman–Crippen LogP) is 4.31. The number of fused-ring (bicyclic) bond motifs is 1. The summed E-state index contributed by atoms with van der Waals surface area (Å²) in [4.78, 5) is 0. The predicted molar refractivity (Wildman–Crippen MR) is 87.9 cm³/mol. The molecular weight excluding hydrogens is 331 g/mol. The molecule has 0 aliphatic rings. The van der Waals surface area contributed by atoms with Crippen LogP contribution in [0.25, 0.3) is 10.9 Å². The Hall–Kier alpha value is -1.65. The molecule has 0 aliphatic heterocycles. The molecular formula is C17H16BrFN2. The van der Waals surface area contributed by atoms with E-state index in [2.05, 4.69) is 44.1 Å². The molecule has 0 spiro atoms. The standard InChI is InChI=1S/C17H16BrFN2/c1-20-9-13-11-21(17-5-3-2-4-16(13)17)10-12-6-14(18)8-15(19)7-12/h2-8,11,20H,9-10H2,1H3. The van der Waals surface area contributed by atoms with Crippen LogP contribution in [0.2, 0.25) is 0 Å². The first-order valence-electron chi connectivity index (χ1n) is 6.83. The van der Waals surface area contributed by atoms with Crippen LogP contribution in [0.5, 0.6) is 0 Å². The fourth-order valence-corrected chi connectivity index (χ4v) is 3.20. The van der Waals surface area contributed by atoms with Gasteiger partial charge in [0.1, 0.15) is 5.82 Å². The molecule has 3 aromatic rings. The van der Waals surface area contributed by atoms with Crippen molar-refractivity contribution in [1.82, 2.24) is 9.88 Å². The number of para-hydroxylation sites is 1. The van der Waals surface area contributed by atoms with E-state index in [9.17, 15) is 4.39 Å². The zero-order valence-corrected chi connectivity index (χ0v) is 13.3. The van der Waals surface area contributed by atoms with E-state index in [-0.39, 0.29) is 5.82 Å². The molecule has 0 radical (unpaired) electrons.